The lowest BCUT2D eigenvalue weighted by Gasteiger charge is -2.21. The van der Waals surface area contributed by atoms with Crippen molar-refractivity contribution < 1.29 is 13.2 Å². The highest BCUT2D eigenvalue weighted by Crippen LogP contribution is 2.22. The number of thiophene rings is 1. The minimum atomic E-state index is -3.72. The van der Waals surface area contributed by atoms with Gasteiger partial charge in [-0.3, -0.25) is 4.79 Å². The van der Waals surface area contributed by atoms with E-state index in [2.05, 4.69) is 10.0 Å². The smallest absolute Gasteiger partial charge is 0.243 e. The first-order chi connectivity index (χ1) is 11.2. The summed E-state index contributed by atoms with van der Waals surface area (Å²) in [5.74, 6) is -0.207. The SMILES string of the molecule is CC(C)(C)NS(=O)(=O)c1ccccc1NC(=O)CCc1cccs1. The molecule has 0 aliphatic heterocycles. The molecule has 5 nitrogen and oxygen atoms in total. The summed E-state index contributed by atoms with van der Waals surface area (Å²) < 4.78 is 27.7. The third-order valence-corrected chi connectivity index (χ3v) is 5.82. The van der Waals surface area contributed by atoms with E-state index < -0.39 is 15.6 Å². The Bertz CT molecular complexity index is 791. The standard InChI is InChI=1S/C17H22N2O3S2/c1-17(2,3)19-24(21,22)15-9-5-4-8-14(15)18-16(20)11-10-13-7-6-12-23-13/h4-9,12,19H,10-11H2,1-3H3,(H,18,20). The van der Waals surface area contributed by atoms with E-state index in [-0.39, 0.29) is 10.8 Å². The molecule has 1 aromatic carbocycles. The third-order valence-electron chi connectivity index (χ3n) is 3.07. The van der Waals surface area contributed by atoms with Gasteiger partial charge in [0, 0.05) is 16.8 Å². The summed E-state index contributed by atoms with van der Waals surface area (Å²) in [5.41, 5.74) is -0.305. The predicted octanol–water partition coefficient (Wildman–Crippen LogP) is 3.40. The summed E-state index contributed by atoms with van der Waals surface area (Å²) in [6, 6.07) is 10.3. The molecule has 0 saturated heterocycles. The fourth-order valence-electron chi connectivity index (χ4n) is 2.17. The van der Waals surface area contributed by atoms with Crippen molar-refractivity contribution in [2.45, 2.75) is 44.0 Å². The summed E-state index contributed by atoms with van der Waals surface area (Å²) in [7, 11) is -3.72. The van der Waals surface area contributed by atoms with Crippen molar-refractivity contribution in [1.82, 2.24) is 4.72 Å². The minimum absolute atomic E-state index is 0.0735. The molecule has 0 bridgehead atoms. The first kappa shape index (κ1) is 18.6. The highest BCUT2D eigenvalue weighted by atomic mass is 32.2. The van der Waals surface area contributed by atoms with Crippen LogP contribution in [0.5, 0.6) is 0 Å². The summed E-state index contributed by atoms with van der Waals surface area (Å²) in [6.45, 7) is 5.31. The van der Waals surface area contributed by atoms with Crippen LogP contribution in [0.25, 0.3) is 0 Å². The molecule has 0 unspecified atom stereocenters. The Morgan fingerprint density at radius 2 is 1.83 bits per heavy atom. The van der Waals surface area contributed by atoms with Crippen molar-refractivity contribution in [3.05, 3.63) is 46.7 Å². The molecule has 24 heavy (non-hydrogen) atoms. The molecule has 0 atom stereocenters. The van der Waals surface area contributed by atoms with Crippen LogP contribution in [-0.4, -0.2) is 19.9 Å². The van der Waals surface area contributed by atoms with E-state index in [0.717, 1.165) is 4.88 Å². The Hall–Kier alpha value is -1.70. The van der Waals surface area contributed by atoms with Crippen LogP contribution in [0.15, 0.2) is 46.7 Å². The second kappa shape index (κ2) is 7.46. The number of hydrogen-bond acceptors (Lipinski definition) is 4. The predicted molar refractivity (Wildman–Crippen MR) is 97.8 cm³/mol. The second-order valence-electron chi connectivity index (χ2n) is 6.48. The zero-order valence-corrected chi connectivity index (χ0v) is 15.6. The van der Waals surface area contributed by atoms with Gasteiger partial charge in [0.15, 0.2) is 0 Å². The first-order valence-electron chi connectivity index (χ1n) is 7.63. The zero-order valence-electron chi connectivity index (χ0n) is 14.0. The van der Waals surface area contributed by atoms with E-state index in [1.54, 1.807) is 50.3 Å². The minimum Gasteiger partial charge on any atom is -0.325 e. The Morgan fingerprint density at radius 3 is 2.46 bits per heavy atom. The van der Waals surface area contributed by atoms with E-state index >= 15 is 0 Å². The lowest BCUT2D eigenvalue weighted by molar-refractivity contribution is -0.116. The molecule has 7 heteroatoms. The fraction of sp³-hybridized carbons (Fsp3) is 0.353. The van der Waals surface area contributed by atoms with Gasteiger partial charge in [-0.2, -0.15) is 0 Å². The fourth-order valence-corrected chi connectivity index (χ4v) is 4.46. The van der Waals surface area contributed by atoms with Crippen LogP contribution in [0, 0.1) is 0 Å². The van der Waals surface area contributed by atoms with Crippen molar-refractivity contribution in [2.75, 3.05) is 5.32 Å². The number of rotatable bonds is 6. The average Bonchev–Trinajstić information content (AvgIpc) is 2.96. The number of amides is 1. The van der Waals surface area contributed by atoms with Gasteiger partial charge in [0.1, 0.15) is 4.90 Å². The molecule has 0 saturated carbocycles. The highest BCUT2D eigenvalue weighted by molar-refractivity contribution is 7.89. The highest BCUT2D eigenvalue weighted by Gasteiger charge is 2.24. The Balaban J connectivity index is 2.12. The quantitative estimate of drug-likeness (QED) is 0.823. The zero-order chi connectivity index (χ0) is 17.8. The van der Waals surface area contributed by atoms with Gasteiger partial charge in [-0.1, -0.05) is 18.2 Å². The van der Waals surface area contributed by atoms with E-state index in [1.165, 1.54) is 6.07 Å². The van der Waals surface area contributed by atoms with Gasteiger partial charge in [0.05, 0.1) is 5.69 Å². The molecule has 2 aromatic rings. The van der Waals surface area contributed by atoms with Gasteiger partial charge < -0.3 is 5.32 Å². The monoisotopic (exact) mass is 366 g/mol. The topological polar surface area (TPSA) is 75.3 Å². The lowest BCUT2D eigenvalue weighted by atomic mass is 10.1. The van der Waals surface area contributed by atoms with Crippen molar-refractivity contribution in [2.24, 2.45) is 0 Å². The molecule has 2 N–H and O–H groups in total. The van der Waals surface area contributed by atoms with Crippen LogP contribution in [0.2, 0.25) is 0 Å². The number of para-hydroxylation sites is 1. The Morgan fingerprint density at radius 1 is 1.12 bits per heavy atom. The van der Waals surface area contributed by atoms with Crippen molar-refractivity contribution >= 4 is 33.0 Å². The molecular weight excluding hydrogens is 344 g/mol. The van der Waals surface area contributed by atoms with E-state index in [1.807, 2.05) is 17.5 Å². The molecule has 1 amide bonds. The van der Waals surface area contributed by atoms with E-state index in [9.17, 15) is 13.2 Å². The van der Waals surface area contributed by atoms with Gasteiger partial charge in [-0.15, -0.1) is 11.3 Å². The second-order valence-corrected chi connectivity index (χ2v) is 9.16. The average molecular weight is 367 g/mol. The van der Waals surface area contributed by atoms with Gasteiger partial charge in [0.2, 0.25) is 15.9 Å². The molecule has 0 radical (unpaired) electrons. The molecule has 130 valence electrons. The Labute approximate surface area is 147 Å². The summed E-state index contributed by atoms with van der Waals surface area (Å²) in [5, 5.41) is 4.68. The maximum absolute atomic E-state index is 12.5. The number of carbonyl (C=O) groups is 1. The number of nitrogens with one attached hydrogen (secondary N) is 2. The van der Waals surface area contributed by atoms with Crippen LogP contribution in [0.3, 0.4) is 0 Å². The van der Waals surface area contributed by atoms with Crippen LogP contribution in [0.1, 0.15) is 32.1 Å². The van der Waals surface area contributed by atoms with Crippen LogP contribution in [-0.2, 0) is 21.2 Å². The van der Waals surface area contributed by atoms with Gasteiger partial charge in [0.25, 0.3) is 0 Å². The normalized spacial score (nSPS) is 12.1. The van der Waals surface area contributed by atoms with Gasteiger partial charge >= 0.3 is 0 Å². The number of carbonyl (C=O) groups excluding carboxylic acids is 1. The maximum Gasteiger partial charge on any atom is 0.243 e. The molecule has 1 heterocycles. The number of anilines is 1. The first-order valence-corrected chi connectivity index (χ1v) is 9.99. The lowest BCUT2D eigenvalue weighted by Crippen LogP contribution is -2.40. The largest absolute Gasteiger partial charge is 0.325 e. The van der Waals surface area contributed by atoms with E-state index in [0.29, 0.717) is 18.5 Å². The molecule has 0 aliphatic rings. The summed E-state index contributed by atoms with van der Waals surface area (Å²) >= 11 is 1.60. The van der Waals surface area contributed by atoms with Crippen LogP contribution < -0.4 is 10.0 Å². The number of sulfonamides is 1. The number of hydrogen-bond donors (Lipinski definition) is 2. The molecule has 0 spiro atoms. The number of aryl methyl sites for hydroxylation is 1. The summed E-state index contributed by atoms with van der Waals surface area (Å²) in [6.07, 6.45) is 0.945. The van der Waals surface area contributed by atoms with Gasteiger partial charge in [-0.25, -0.2) is 13.1 Å². The summed E-state index contributed by atoms with van der Waals surface area (Å²) in [4.78, 5) is 13.3. The van der Waals surface area contributed by atoms with E-state index in [4.69, 9.17) is 0 Å². The van der Waals surface area contributed by atoms with Gasteiger partial charge in [-0.05, 0) is 50.8 Å². The molecule has 1 aromatic heterocycles. The molecule has 0 fully saturated rings. The third kappa shape index (κ3) is 5.43. The van der Waals surface area contributed by atoms with Crippen molar-refractivity contribution in [3.8, 4) is 0 Å². The van der Waals surface area contributed by atoms with Crippen molar-refractivity contribution in [3.63, 3.8) is 0 Å². The molecule has 2 rings (SSSR count). The maximum atomic E-state index is 12.5. The number of benzene rings is 1. The Kier molecular flexibility index (Phi) is 5.79. The van der Waals surface area contributed by atoms with Crippen LogP contribution in [0.4, 0.5) is 5.69 Å². The molecule has 0 aliphatic carbocycles. The van der Waals surface area contributed by atoms with Crippen LogP contribution >= 0.6 is 11.3 Å². The molecular formula is C17H22N2O3S2. The van der Waals surface area contributed by atoms with Crippen molar-refractivity contribution in [1.29, 1.82) is 0 Å².